The van der Waals surface area contributed by atoms with Gasteiger partial charge in [-0.3, -0.25) is 4.98 Å². The van der Waals surface area contributed by atoms with Crippen LogP contribution in [-0.2, 0) is 0 Å². The fraction of sp³-hybridized carbons (Fsp3) is 0.625. The van der Waals surface area contributed by atoms with Gasteiger partial charge in [-0.25, -0.2) is 0 Å². The fourth-order valence-electron chi connectivity index (χ4n) is 2.47. The van der Waals surface area contributed by atoms with Crippen molar-refractivity contribution in [2.24, 2.45) is 5.73 Å². The SMILES string of the molecule is CCCCCCC(C)Nc1cc(C)nc(C)c1C(N)=S. The van der Waals surface area contributed by atoms with Gasteiger partial charge in [-0.2, -0.15) is 0 Å². The van der Waals surface area contributed by atoms with Crippen molar-refractivity contribution in [1.82, 2.24) is 4.98 Å². The molecular formula is C16H27N3S. The molecule has 0 fully saturated rings. The van der Waals surface area contributed by atoms with E-state index in [1.54, 1.807) is 0 Å². The first kappa shape index (κ1) is 16.9. The molecule has 0 saturated heterocycles. The van der Waals surface area contributed by atoms with Crippen molar-refractivity contribution in [1.29, 1.82) is 0 Å². The second kappa shape index (κ2) is 8.20. The summed E-state index contributed by atoms with van der Waals surface area (Å²) in [6.07, 6.45) is 6.32. The Hall–Kier alpha value is -1.16. The van der Waals surface area contributed by atoms with E-state index < -0.39 is 0 Å². The third-order valence-electron chi connectivity index (χ3n) is 3.47. The molecule has 1 rings (SSSR count). The molecule has 0 spiro atoms. The third-order valence-corrected chi connectivity index (χ3v) is 3.67. The maximum absolute atomic E-state index is 5.83. The number of anilines is 1. The van der Waals surface area contributed by atoms with Gasteiger partial charge in [0.15, 0.2) is 0 Å². The first-order chi connectivity index (χ1) is 9.45. The first-order valence-corrected chi connectivity index (χ1v) is 7.91. The van der Waals surface area contributed by atoms with Crippen LogP contribution >= 0.6 is 12.2 Å². The first-order valence-electron chi connectivity index (χ1n) is 7.50. The van der Waals surface area contributed by atoms with E-state index in [4.69, 9.17) is 18.0 Å². The highest BCUT2D eigenvalue weighted by Crippen LogP contribution is 2.21. The molecule has 3 N–H and O–H groups in total. The van der Waals surface area contributed by atoms with Gasteiger partial charge < -0.3 is 11.1 Å². The topological polar surface area (TPSA) is 50.9 Å². The lowest BCUT2D eigenvalue weighted by Gasteiger charge is -2.19. The lowest BCUT2D eigenvalue weighted by molar-refractivity contribution is 0.594. The summed E-state index contributed by atoms with van der Waals surface area (Å²) >= 11 is 5.15. The van der Waals surface area contributed by atoms with Gasteiger partial charge >= 0.3 is 0 Å². The Bertz CT molecular complexity index is 457. The monoisotopic (exact) mass is 293 g/mol. The average Bonchev–Trinajstić information content (AvgIpc) is 2.33. The van der Waals surface area contributed by atoms with Crippen LogP contribution in [0.4, 0.5) is 5.69 Å². The number of pyridine rings is 1. The number of unbranched alkanes of at least 4 members (excludes halogenated alkanes) is 3. The van der Waals surface area contributed by atoms with E-state index in [1.807, 2.05) is 19.9 Å². The Kier molecular flexibility index (Phi) is 6.93. The molecule has 0 aromatic carbocycles. The van der Waals surface area contributed by atoms with Crippen LogP contribution in [-0.4, -0.2) is 16.0 Å². The minimum atomic E-state index is 0.413. The zero-order valence-electron chi connectivity index (χ0n) is 13.1. The molecule has 1 atom stereocenters. The van der Waals surface area contributed by atoms with Crippen LogP contribution in [0.3, 0.4) is 0 Å². The predicted octanol–water partition coefficient (Wildman–Crippen LogP) is 4.10. The highest BCUT2D eigenvalue weighted by molar-refractivity contribution is 7.80. The second-order valence-electron chi connectivity index (χ2n) is 5.53. The molecule has 112 valence electrons. The van der Waals surface area contributed by atoms with Crippen LogP contribution in [0.5, 0.6) is 0 Å². The molecule has 1 unspecified atom stereocenters. The number of aromatic nitrogens is 1. The Morgan fingerprint density at radius 1 is 1.35 bits per heavy atom. The van der Waals surface area contributed by atoms with Gasteiger partial charge in [0, 0.05) is 23.1 Å². The van der Waals surface area contributed by atoms with Gasteiger partial charge in [0.2, 0.25) is 0 Å². The van der Waals surface area contributed by atoms with Crippen molar-refractivity contribution >= 4 is 22.9 Å². The van der Waals surface area contributed by atoms with Gasteiger partial charge in [0.25, 0.3) is 0 Å². The minimum absolute atomic E-state index is 0.413. The molecule has 1 aromatic rings. The maximum Gasteiger partial charge on any atom is 0.107 e. The van der Waals surface area contributed by atoms with E-state index >= 15 is 0 Å². The van der Waals surface area contributed by atoms with Crippen molar-refractivity contribution in [3.05, 3.63) is 23.0 Å². The quantitative estimate of drug-likeness (QED) is 0.559. The van der Waals surface area contributed by atoms with Crippen molar-refractivity contribution in [3.8, 4) is 0 Å². The van der Waals surface area contributed by atoms with E-state index in [2.05, 4.69) is 24.1 Å². The number of nitrogens with one attached hydrogen (secondary N) is 1. The zero-order valence-corrected chi connectivity index (χ0v) is 13.9. The van der Waals surface area contributed by atoms with Gasteiger partial charge in [0.1, 0.15) is 4.99 Å². The number of aryl methyl sites for hydroxylation is 2. The summed E-state index contributed by atoms with van der Waals surface area (Å²) in [4.78, 5) is 4.85. The summed E-state index contributed by atoms with van der Waals surface area (Å²) in [6, 6.07) is 2.45. The molecular weight excluding hydrogens is 266 g/mol. The Morgan fingerprint density at radius 2 is 2.05 bits per heavy atom. The van der Waals surface area contributed by atoms with Crippen LogP contribution in [0.25, 0.3) is 0 Å². The molecule has 4 heteroatoms. The molecule has 1 heterocycles. The normalized spacial score (nSPS) is 12.2. The Morgan fingerprint density at radius 3 is 2.65 bits per heavy atom. The highest BCUT2D eigenvalue weighted by atomic mass is 32.1. The Labute approximate surface area is 128 Å². The minimum Gasteiger partial charge on any atom is -0.389 e. The second-order valence-corrected chi connectivity index (χ2v) is 5.97. The van der Waals surface area contributed by atoms with Gasteiger partial charge in [-0.15, -0.1) is 0 Å². The van der Waals surface area contributed by atoms with Gasteiger partial charge in [0.05, 0.1) is 5.56 Å². The summed E-state index contributed by atoms with van der Waals surface area (Å²) < 4.78 is 0. The smallest absolute Gasteiger partial charge is 0.107 e. The number of rotatable bonds is 8. The molecule has 1 aromatic heterocycles. The number of nitrogens with zero attached hydrogens (tertiary/aromatic N) is 1. The van der Waals surface area contributed by atoms with E-state index in [0.717, 1.165) is 29.1 Å². The zero-order chi connectivity index (χ0) is 15.1. The van der Waals surface area contributed by atoms with Crippen LogP contribution in [0, 0.1) is 13.8 Å². The summed E-state index contributed by atoms with van der Waals surface area (Å²) in [6.45, 7) is 8.39. The third kappa shape index (κ3) is 5.08. The predicted molar refractivity (Wildman–Crippen MR) is 91.4 cm³/mol. The van der Waals surface area contributed by atoms with Crippen molar-refractivity contribution in [2.75, 3.05) is 5.32 Å². The summed E-state index contributed by atoms with van der Waals surface area (Å²) in [5.74, 6) is 0. The lowest BCUT2D eigenvalue weighted by Crippen LogP contribution is -2.21. The van der Waals surface area contributed by atoms with Crippen LogP contribution < -0.4 is 11.1 Å². The summed E-state index contributed by atoms with van der Waals surface area (Å²) in [5, 5.41) is 3.54. The van der Waals surface area contributed by atoms with Crippen molar-refractivity contribution in [3.63, 3.8) is 0 Å². The maximum atomic E-state index is 5.83. The van der Waals surface area contributed by atoms with E-state index in [1.165, 1.54) is 25.7 Å². The van der Waals surface area contributed by atoms with E-state index in [0.29, 0.717) is 11.0 Å². The molecule has 3 nitrogen and oxygen atoms in total. The van der Waals surface area contributed by atoms with Gasteiger partial charge in [-0.05, 0) is 33.3 Å². The fourth-order valence-corrected chi connectivity index (χ4v) is 2.73. The van der Waals surface area contributed by atoms with E-state index in [-0.39, 0.29) is 0 Å². The molecule has 0 bridgehead atoms. The molecule has 0 aliphatic carbocycles. The van der Waals surface area contributed by atoms with E-state index in [9.17, 15) is 0 Å². The lowest BCUT2D eigenvalue weighted by atomic mass is 10.1. The molecule has 20 heavy (non-hydrogen) atoms. The number of thiocarbonyl (C=S) groups is 1. The Balaban J connectivity index is 2.73. The largest absolute Gasteiger partial charge is 0.389 e. The van der Waals surface area contributed by atoms with Crippen molar-refractivity contribution in [2.45, 2.75) is 65.8 Å². The van der Waals surface area contributed by atoms with Crippen molar-refractivity contribution < 1.29 is 0 Å². The van der Waals surface area contributed by atoms with Crippen LogP contribution in [0.2, 0.25) is 0 Å². The summed E-state index contributed by atoms with van der Waals surface area (Å²) in [7, 11) is 0. The van der Waals surface area contributed by atoms with Gasteiger partial charge in [-0.1, -0.05) is 44.8 Å². The molecule has 0 aliphatic heterocycles. The number of hydrogen-bond acceptors (Lipinski definition) is 3. The molecule has 0 radical (unpaired) electrons. The molecule has 0 amide bonds. The number of nitrogens with two attached hydrogens (primary N) is 1. The van der Waals surface area contributed by atoms with Crippen LogP contribution in [0.15, 0.2) is 6.07 Å². The standard InChI is InChI=1S/C16H27N3S/c1-5-6-7-8-9-11(2)19-14-10-12(3)18-13(4)15(14)16(17)20/h10-11H,5-9H2,1-4H3,(H2,17,20)(H,18,19). The molecule has 0 aliphatic rings. The highest BCUT2D eigenvalue weighted by Gasteiger charge is 2.13. The van der Waals surface area contributed by atoms with Crippen LogP contribution in [0.1, 0.15) is 62.9 Å². The average molecular weight is 293 g/mol. The molecule has 0 saturated carbocycles. The number of hydrogen-bond donors (Lipinski definition) is 2. The summed E-state index contributed by atoms with van der Waals surface area (Å²) in [5.41, 5.74) is 9.62.